The lowest BCUT2D eigenvalue weighted by atomic mass is 10.2. The standard InChI is InChI=1S/C16H17NO3S2/c18-15(7-6-14-5-2-8-22-14)17-13-4-1-3-12(9-13)10-21-11-16(19)20/h1-5,8-9H,6-7,10-11H2,(H,17,18)(H,19,20). The number of anilines is 1. The van der Waals surface area contributed by atoms with Crippen molar-refractivity contribution in [2.75, 3.05) is 11.1 Å². The third-order valence-corrected chi connectivity index (χ3v) is 4.81. The first-order chi connectivity index (χ1) is 10.6. The van der Waals surface area contributed by atoms with Crippen LogP contribution in [-0.2, 0) is 21.8 Å². The molecule has 0 unspecified atom stereocenters. The van der Waals surface area contributed by atoms with Crippen LogP contribution in [-0.4, -0.2) is 22.7 Å². The van der Waals surface area contributed by atoms with Gasteiger partial charge in [0.25, 0.3) is 0 Å². The van der Waals surface area contributed by atoms with Gasteiger partial charge in [-0.2, -0.15) is 0 Å². The molecule has 1 aromatic heterocycles. The zero-order valence-corrected chi connectivity index (χ0v) is 13.6. The fraction of sp³-hybridized carbons (Fsp3) is 0.250. The molecule has 0 atom stereocenters. The smallest absolute Gasteiger partial charge is 0.313 e. The van der Waals surface area contributed by atoms with Gasteiger partial charge in [-0.3, -0.25) is 9.59 Å². The minimum absolute atomic E-state index is 0.0104. The third-order valence-electron chi connectivity index (χ3n) is 2.88. The SMILES string of the molecule is O=C(O)CSCc1cccc(NC(=O)CCc2cccs2)c1. The highest BCUT2D eigenvalue weighted by Crippen LogP contribution is 2.17. The number of aryl methyl sites for hydroxylation is 1. The molecule has 116 valence electrons. The van der Waals surface area contributed by atoms with Crippen LogP contribution in [0.1, 0.15) is 16.9 Å². The third kappa shape index (κ3) is 5.91. The number of nitrogens with one attached hydrogen (secondary N) is 1. The number of hydrogen-bond acceptors (Lipinski definition) is 4. The maximum Gasteiger partial charge on any atom is 0.313 e. The summed E-state index contributed by atoms with van der Waals surface area (Å²) in [6, 6.07) is 11.5. The van der Waals surface area contributed by atoms with Gasteiger partial charge in [-0.05, 0) is 35.6 Å². The zero-order valence-electron chi connectivity index (χ0n) is 12.0. The Balaban J connectivity index is 1.81. The number of amides is 1. The largest absolute Gasteiger partial charge is 0.481 e. The second-order valence-corrected chi connectivity index (χ2v) is 6.73. The molecule has 1 heterocycles. The molecular weight excluding hydrogens is 318 g/mol. The fourth-order valence-electron chi connectivity index (χ4n) is 1.91. The molecule has 0 aliphatic rings. The van der Waals surface area contributed by atoms with Gasteiger partial charge >= 0.3 is 5.97 Å². The Bertz CT molecular complexity index is 626. The van der Waals surface area contributed by atoms with Crippen LogP contribution in [0.4, 0.5) is 5.69 Å². The number of thiophene rings is 1. The molecule has 0 saturated carbocycles. The molecule has 0 bridgehead atoms. The number of carboxylic acid groups (broad SMARTS) is 1. The molecule has 6 heteroatoms. The van der Waals surface area contributed by atoms with Gasteiger partial charge in [0, 0.05) is 22.7 Å². The summed E-state index contributed by atoms with van der Waals surface area (Å²) in [6.45, 7) is 0. The highest BCUT2D eigenvalue weighted by molar-refractivity contribution is 7.99. The maximum atomic E-state index is 11.9. The highest BCUT2D eigenvalue weighted by Gasteiger charge is 2.05. The van der Waals surface area contributed by atoms with E-state index in [0.717, 1.165) is 17.7 Å². The van der Waals surface area contributed by atoms with Crippen LogP contribution in [0.3, 0.4) is 0 Å². The predicted molar refractivity (Wildman–Crippen MR) is 91.5 cm³/mol. The van der Waals surface area contributed by atoms with E-state index < -0.39 is 5.97 Å². The summed E-state index contributed by atoms with van der Waals surface area (Å²) in [4.78, 5) is 23.6. The van der Waals surface area contributed by atoms with E-state index in [4.69, 9.17) is 5.11 Å². The summed E-state index contributed by atoms with van der Waals surface area (Å²) >= 11 is 2.99. The van der Waals surface area contributed by atoms with Crippen LogP contribution < -0.4 is 5.32 Å². The van der Waals surface area contributed by atoms with Crippen LogP contribution in [0, 0.1) is 0 Å². The molecule has 1 aromatic carbocycles. The fourth-order valence-corrected chi connectivity index (χ4v) is 3.31. The minimum atomic E-state index is -0.817. The van der Waals surface area contributed by atoms with E-state index in [1.807, 2.05) is 41.8 Å². The molecule has 0 fully saturated rings. The van der Waals surface area contributed by atoms with Crippen molar-refractivity contribution in [1.29, 1.82) is 0 Å². The number of hydrogen-bond donors (Lipinski definition) is 2. The number of thioether (sulfide) groups is 1. The van der Waals surface area contributed by atoms with Crippen LogP contribution in [0.25, 0.3) is 0 Å². The van der Waals surface area contributed by atoms with E-state index in [1.165, 1.54) is 16.6 Å². The Kier molecular flexibility index (Phi) is 6.48. The van der Waals surface area contributed by atoms with E-state index in [0.29, 0.717) is 12.2 Å². The van der Waals surface area contributed by atoms with Gasteiger partial charge in [0.2, 0.25) is 5.91 Å². The van der Waals surface area contributed by atoms with E-state index in [9.17, 15) is 9.59 Å². The lowest BCUT2D eigenvalue weighted by Gasteiger charge is -2.07. The lowest BCUT2D eigenvalue weighted by molar-refractivity contribution is -0.133. The van der Waals surface area contributed by atoms with E-state index in [2.05, 4.69) is 5.32 Å². The van der Waals surface area contributed by atoms with Crippen LogP contribution in [0.2, 0.25) is 0 Å². The van der Waals surface area contributed by atoms with Crippen molar-refractivity contribution in [3.63, 3.8) is 0 Å². The van der Waals surface area contributed by atoms with Gasteiger partial charge in [0.05, 0.1) is 5.75 Å². The van der Waals surface area contributed by atoms with Gasteiger partial charge < -0.3 is 10.4 Å². The van der Waals surface area contributed by atoms with Gasteiger partial charge in [0.1, 0.15) is 0 Å². The molecule has 2 rings (SSSR count). The molecule has 0 saturated heterocycles. The number of carboxylic acids is 1. The molecule has 4 nitrogen and oxygen atoms in total. The molecular formula is C16H17NO3S2. The summed E-state index contributed by atoms with van der Waals surface area (Å²) < 4.78 is 0. The molecule has 22 heavy (non-hydrogen) atoms. The number of benzene rings is 1. The molecule has 0 aliphatic carbocycles. The lowest BCUT2D eigenvalue weighted by Crippen LogP contribution is -2.12. The maximum absolute atomic E-state index is 11.9. The molecule has 2 N–H and O–H groups in total. The van der Waals surface area contributed by atoms with E-state index in [1.54, 1.807) is 11.3 Å². The quantitative estimate of drug-likeness (QED) is 0.773. The molecule has 0 radical (unpaired) electrons. The minimum Gasteiger partial charge on any atom is -0.481 e. The van der Waals surface area contributed by atoms with Gasteiger partial charge in [-0.1, -0.05) is 18.2 Å². The second-order valence-electron chi connectivity index (χ2n) is 4.71. The summed E-state index contributed by atoms with van der Waals surface area (Å²) in [5.74, 6) is -0.130. The summed E-state index contributed by atoms with van der Waals surface area (Å²) in [5.41, 5.74) is 1.76. The zero-order chi connectivity index (χ0) is 15.8. The molecule has 0 spiro atoms. The van der Waals surface area contributed by atoms with Crippen molar-refractivity contribution >= 4 is 40.7 Å². The van der Waals surface area contributed by atoms with Gasteiger partial charge in [-0.15, -0.1) is 23.1 Å². The summed E-state index contributed by atoms with van der Waals surface area (Å²) in [5, 5.41) is 13.5. The number of aliphatic carboxylic acids is 1. The van der Waals surface area contributed by atoms with Crippen LogP contribution in [0.15, 0.2) is 41.8 Å². The summed E-state index contributed by atoms with van der Waals surface area (Å²) in [7, 11) is 0. The molecule has 1 amide bonds. The van der Waals surface area contributed by atoms with E-state index >= 15 is 0 Å². The van der Waals surface area contributed by atoms with Crippen molar-refractivity contribution in [3.8, 4) is 0 Å². The normalized spacial score (nSPS) is 10.4. The Morgan fingerprint density at radius 3 is 2.82 bits per heavy atom. The second kappa shape index (κ2) is 8.60. The van der Waals surface area contributed by atoms with Crippen LogP contribution in [0.5, 0.6) is 0 Å². The van der Waals surface area contributed by atoms with Crippen molar-refractivity contribution in [3.05, 3.63) is 52.2 Å². The Hall–Kier alpha value is -1.79. The Labute approximate surface area is 137 Å². The average molecular weight is 335 g/mol. The first-order valence-electron chi connectivity index (χ1n) is 6.84. The summed E-state index contributed by atoms with van der Waals surface area (Å²) in [6.07, 6.45) is 1.20. The number of rotatable bonds is 8. The van der Waals surface area contributed by atoms with Crippen LogP contribution >= 0.6 is 23.1 Å². The van der Waals surface area contributed by atoms with Crippen molar-refractivity contribution in [2.24, 2.45) is 0 Å². The highest BCUT2D eigenvalue weighted by atomic mass is 32.2. The average Bonchev–Trinajstić information content (AvgIpc) is 2.98. The van der Waals surface area contributed by atoms with Gasteiger partial charge in [-0.25, -0.2) is 0 Å². The van der Waals surface area contributed by atoms with Gasteiger partial charge in [0.15, 0.2) is 0 Å². The number of carbonyl (C=O) groups excluding carboxylic acids is 1. The monoisotopic (exact) mass is 335 g/mol. The molecule has 0 aliphatic heterocycles. The first kappa shape index (κ1) is 16.6. The number of carbonyl (C=O) groups is 2. The first-order valence-corrected chi connectivity index (χ1v) is 8.87. The van der Waals surface area contributed by atoms with Crippen molar-refractivity contribution in [2.45, 2.75) is 18.6 Å². The van der Waals surface area contributed by atoms with Crippen molar-refractivity contribution in [1.82, 2.24) is 0 Å². The molecule has 2 aromatic rings. The Morgan fingerprint density at radius 2 is 2.09 bits per heavy atom. The topological polar surface area (TPSA) is 66.4 Å². The van der Waals surface area contributed by atoms with Crippen molar-refractivity contribution < 1.29 is 14.7 Å². The van der Waals surface area contributed by atoms with E-state index in [-0.39, 0.29) is 11.7 Å². The Morgan fingerprint density at radius 1 is 1.23 bits per heavy atom. The predicted octanol–water partition coefficient (Wildman–Crippen LogP) is 3.64.